The molecule has 1 aromatic carbocycles. The van der Waals surface area contributed by atoms with Crippen LogP contribution in [0.25, 0.3) is 0 Å². The van der Waals surface area contributed by atoms with Crippen LogP contribution >= 0.6 is 0 Å². The van der Waals surface area contributed by atoms with Crippen LogP contribution in [-0.2, 0) is 32.0 Å². The molecule has 0 atom stereocenters. The van der Waals surface area contributed by atoms with Crippen molar-refractivity contribution in [3.8, 4) is 17.2 Å². The van der Waals surface area contributed by atoms with Crippen LogP contribution < -0.4 is 0 Å². The molecule has 0 aromatic heterocycles. The summed E-state index contributed by atoms with van der Waals surface area (Å²) in [5.74, 6) is -93.7. The van der Waals surface area contributed by atoms with Gasteiger partial charge in [-0.3, -0.25) is 0 Å². The average Bonchev–Trinajstić information content (AvgIpc) is 3.07. The summed E-state index contributed by atoms with van der Waals surface area (Å²) >= 11 is 0. The van der Waals surface area contributed by atoms with Crippen molar-refractivity contribution >= 4 is 0 Å². The highest BCUT2D eigenvalue weighted by molar-refractivity contribution is 5.66. The van der Waals surface area contributed by atoms with E-state index in [4.69, 9.17) is 0 Å². The molecule has 0 unspecified atom stereocenters. The average molecular weight is 1070 g/mol. The smallest absolute Gasteiger partial charge is 0.430 e. The first-order valence-corrected chi connectivity index (χ1v) is 14.2. The summed E-state index contributed by atoms with van der Waals surface area (Å²) in [4.78, 5) is 0. The van der Waals surface area contributed by atoms with Gasteiger partial charge in [0.05, 0.1) is 16.7 Å². The fraction of sp³-hybridized carbons (Fsp3) is 0.750. The molecule has 0 aliphatic heterocycles. The SMILES string of the molecule is Oc1c(O)c(C(F)(F)C(F)(F)C(F)(F)OC(F)(F)C(F)(F)C(F)F)c(C(F)(F)C(F)(F)C(F)(F)OC(F)(F)C(F)(F)C(F)F)c(C(F)(F)C(F)(F)C(F)(F)OC(F)(F)C(F)(F)C(F)F)c1O. The summed E-state index contributed by atoms with van der Waals surface area (Å²) in [6.07, 6.45) is -70.4. The van der Waals surface area contributed by atoms with Crippen LogP contribution in [0.1, 0.15) is 16.7 Å². The van der Waals surface area contributed by atoms with Crippen LogP contribution in [-0.4, -0.2) is 107 Å². The molecule has 66 heavy (non-hydrogen) atoms. The third kappa shape index (κ3) is 8.69. The van der Waals surface area contributed by atoms with E-state index < -0.39 is 143 Å². The Morgan fingerprint density at radius 3 is 0.591 bits per heavy atom. The summed E-state index contributed by atoms with van der Waals surface area (Å²) in [5, 5.41) is 28.5. The Morgan fingerprint density at radius 1 is 0.258 bits per heavy atom. The number of ether oxygens (including phenoxy) is 3. The van der Waals surface area contributed by atoms with Crippen LogP contribution in [0.15, 0.2) is 0 Å². The fourth-order valence-electron chi connectivity index (χ4n) is 3.92. The Kier molecular flexibility index (Phi) is 14.8. The van der Waals surface area contributed by atoms with Crippen molar-refractivity contribution in [2.45, 2.75) is 109 Å². The lowest BCUT2D eigenvalue weighted by molar-refractivity contribution is -0.498. The van der Waals surface area contributed by atoms with Crippen molar-refractivity contribution in [1.82, 2.24) is 0 Å². The van der Waals surface area contributed by atoms with E-state index >= 15 is 26.3 Å². The molecule has 0 bridgehead atoms. The van der Waals surface area contributed by atoms with Crippen molar-refractivity contribution in [1.29, 1.82) is 0 Å². The van der Waals surface area contributed by atoms with E-state index in [2.05, 4.69) is 0 Å². The van der Waals surface area contributed by atoms with Gasteiger partial charge >= 0.3 is 109 Å². The van der Waals surface area contributed by atoms with Crippen molar-refractivity contribution < 1.29 is 188 Å². The number of benzene rings is 1. The van der Waals surface area contributed by atoms with Gasteiger partial charge in [0, 0.05) is 0 Å². The Bertz CT molecular complexity index is 1820. The fourth-order valence-corrected chi connectivity index (χ4v) is 3.92. The second-order valence-corrected chi connectivity index (χ2v) is 11.8. The van der Waals surface area contributed by atoms with Crippen molar-refractivity contribution in [2.24, 2.45) is 0 Å². The quantitative estimate of drug-likeness (QED) is 0.0840. The van der Waals surface area contributed by atoms with Crippen LogP contribution in [0.2, 0.25) is 0 Å². The van der Waals surface area contributed by atoms with Gasteiger partial charge < -0.3 is 15.3 Å². The number of aromatic hydroxyl groups is 3. The summed E-state index contributed by atoms with van der Waals surface area (Å²) in [6, 6.07) is 0. The van der Waals surface area contributed by atoms with Gasteiger partial charge in [-0.05, 0) is 0 Å². The zero-order chi connectivity index (χ0) is 53.8. The summed E-state index contributed by atoms with van der Waals surface area (Å²) < 4.78 is 503. The van der Waals surface area contributed by atoms with Gasteiger partial charge in [-0.2, -0.15) is 132 Å². The van der Waals surface area contributed by atoms with Gasteiger partial charge in [0.15, 0.2) is 11.5 Å². The number of alkyl halides is 36. The second-order valence-electron chi connectivity index (χ2n) is 11.8. The lowest BCUT2D eigenvalue weighted by Crippen LogP contribution is -2.62. The maximum absolute atomic E-state index is 15.5. The first-order valence-electron chi connectivity index (χ1n) is 14.2. The Balaban J connectivity index is 4.95. The molecule has 1 aromatic rings. The summed E-state index contributed by atoms with van der Waals surface area (Å²) in [6.45, 7) is 0. The molecule has 6 nitrogen and oxygen atoms in total. The van der Waals surface area contributed by atoms with Crippen LogP contribution in [0.5, 0.6) is 17.2 Å². The molecule has 0 aliphatic carbocycles. The van der Waals surface area contributed by atoms with E-state index in [9.17, 15) is 147 Å². The topological polar surface area (TPSA) is 88.4 Å². The van der Waals surface area contributed by atoms with Crippen LogP contribution in [0.4, 0.5) is 158 Å². The first-order chi connectivity index (χ1) is 28.3. The van der Waals surface area contributed by atoms with Crippen LogP contribution in [0, 0.1) is 0 Å². The van der Waals surface area contributed by atoms with Crippen molar-refractivity contribution in [3.63, 3.8) is 0 Å². The molecule has 0 saturated carbocycles. The lowest BCUT2D eigenvalue weighted by atomic mass is 9.81. The molecule has 0 aliphatic rings. The summed E-state index contributed by atoms with van der Waals surface area (Å²) in [5.41, 5.74) is -18.4. The van der Waals surface area contributed by atoms with Gasteiger partial charge in [-0.15, -0.1) is 0 Å². The maximum atomic E-state index is 15.5. The highest BCUT2D eigenvalue weighted by Crippen LogP contribution is 2.68. The number of rotatable bonds is 21. The first kappa shape index (κ1) is 60.0. The minimum Gasteiger partial charge on any atom is -0.504 e. The molecule has 1 rings (SSSR count). The number of phenolic OH excluding ortho intramolecular Hbond substituents is 3. The monoisotopic (exact) mass is 1070 g/mol. The van der Waals surface area contributed by atoms with E-state index in [0.29, 0.717) is 0 Å². The van der Waals surface area contributed by atoms with Gasteiger partial charge in [0.1, 0.15) is 0 Å². The Labute approximate surface area is 332 Å². The number of hydrogen-bond donors (Lipinski definition) is 3. The standard InChI is InChI=1S/C24H6F36O6/c25-7(26)13(37,38)19(49,50)64-22(55,56)16(43,44)10(31,32)1-2(11(33,34)17(45,46)23(57,58)65-20(51,52)14(39,40)8(27)28)4(61)6(63)5(62)3(1)12(35,36)18(47,48)24(59,60)66-21(53,54)15(41,42)9(29)30/h7-9,61-63H. The van der Waals surface area contributed by atoms with E-state index in [0.717, 1.165) is 14.2 Å². The molecule has 0 radical (unpaired) electrons. The van der Waals surface area contributed by atoms with Crippen molar-refractivity contribution in [2.75, 3.05) is 0 Å². The van der Waals surface area contributed by atoms with Crippen molar-refractivity contribution in [3.05, 3.63) is 16.7 Å². The maximum Gasteiger partial charge on any atom is 0.430 e. The van der Waals surface area contributed by atoms with E-state index in [1.54, 1.807) is 0 Å². The zero-order valence-corrected chi connectivity index (χ0v) is 28.4. The molecular weight excluding hydrogens is 1070 g/mol. The highest BCUT2D eigenvalue weighted by atomic mass is 19.4. The molecule has 0 spiro atoms. The predicted octanol–water partition coefficient (Wildman–Crippen LogP) is 12.3. The molecule has 0 amide bonds. The molecule has 390 valence electrons. The number of halogens is 36. The molecule has 3 N–H and O–H groups in total. The van der Waals surface area contributed by atoms with Gasteiger partial charge in [-0.1, -0.05) is 0 Å². The molecule has 0 fully saturated rings. The normalized spacial score (nSPS) is 16.0. The minimum absolute atomic E-state index is 1.03. The highest BCUT2D eigenvalue weighted by Gasteiger charge is 2.86. The molecule has 42 heteroatoms. The predicted molar refractivity (Wildman–Crippen MR) is 124 cm³/mol. The van der Waals surface area contributed by atoms with Gasteiger partial charge in [0.25, 0.3) is 0 Å². The molecule has 0 heterocycles. The second kappa shape index (κ2) is 16.3. The van der Waals surface area contributed by atoms with Crippen LogP contribution in [0.3, 0.4) is 0 Å². The number of hydrogen-bond acceptors (Lipinski definition) is 6. The lowest BCUT2D eigenvalue weighted by Gasteiger charge is -2.41. The number of phenols is 3. The Hall–Kier alpha value is -4.02. The minimum atomic E-state index is -9.55. The summed E-state index contributed by atoms with van der Waals surface area (Å²) in [7, 11) is 0. The molecular formula is C24H6F36O6. The Morgan fingerprint density at radius 2 is 0.424 bits per heavy atom. The largest absolute Gasteiger partial charge is 0.504 e. The third-order valence-electron chi connectivity index (χ3n) is 7.40. The zero-order valence-electron chi connectivity index (χ0n) is 28.4. The van der Waals surface area contributed by atoms with E-state index in [1.807, 2.05) is 0 Å². The molecule has 0 saturated heterocycles. The third-order valence-corrected chi connectivity index (χ3v) is 7.40. The van der Waals surface area contributed by atoms with E-state index in [1.165, 1.54) is 0 Å². The van der Waals surface area contributed by atoms with Gasteiger partial charge in [0.2, 0.25) is 5.75 Å². The van der Waals surface area contributed by atoms with Gasteiger partial charge in [-0.25, -0.2) is 40.6 Å². The van der Waals surface area contributed by atoms with E-state index in [-0.39, 0.29) is 0 Å².